The monoisotopic (exact) mass is 637 g/mol. The molecule has 0 saturated heterocycles. The summed E-state index contributed by atoms with van der Waals surface area (Å²) < 4.78 is 12.2. The first-order valence-electron chi connectivity index (χ1n) is 19.5. The van der Waals surface area contributed by atoms with E-state index in [4.69, 9.17) is 9.47 Å². The third-order valence-electron chi connectivity index (χ3n) is 9.06. The maximum atomic E-state index is 6.12. The maximum Gasteiger partial charge on any atom is 0.0717 e. The molecule has 0 aromatic heterocycles. The Morgan fingerprint density at radius 2 is 0.783 bits per heavy atom. The highest BCUT2D eigenvalue weighted by atomic mass is 16.5. The van der Waals surface area contributed by atoms with Gasteiger partial charge in [0.15, 0.2) is 0 Å². The summed E-state index contributed by atoms with van der Waals surface area (Å²) in [6.07, 6.45) is 20.7. The smallest absolute Gasteiger partial charge is 0.0717 e. The third-order valence-corrected chi connectivity index (χ3v) is 9.06. The zero-order valence-electron chi connectivity index (χ0n) is 30.7. The molecule has 0 fully saturated rings. The van der Waals surface area contributed by atoms with E-state index in [-0.39, 0.29) is 0 Å². The molecule has 0 aliphatic heterocycles. The summed E-state index contributed by atoms with van der Waals surface area (Å²) in [6, 6.07) is 17.7. The van der Waals surface area contributed by atoms with Gasteiger partial charge < -0.3 is 19.3 Å². The number of unbranched alkanes of at least 4 members (excludes halogenated alkanes) is 10. The second-order valence-electron chi connectivity index (χ2n) is 13.4. The molecule has 0 amide bonds. The van der Waals surface area contributed by atoms with Crippen molar-refractivity contribution in [3.8, 4) is 11.1 Å². The highest BCUT2D eigenvalue weighted by Gasteiger charge is 2.07. The first-order valence-corrected chi connectivity index (χ1v) is 19.5. The molecule has 0 unspecified atom stereocenters. The van der Waals surface area contributed by atoms with E-state index in [0.717, 1.165) is 26.1 Å². The van der Waals surface area contributed by atoms with E-state index >= 15 is 0 Å². The van der Waals surface area contributed by atoms with Crippen LogP contribution in [0.2, 0.25) is 0 Å². The van der Waals surface area contributed by atoms with E-state index in [2.05, 4.69) is 86.0 Å². The van der Waals surface area contributed by atoms with Gasteiger partial charge in [0.2, 0.25) is 0 Å². The predicted molar refractivity (Wildman–Crippen MR) is 201 cm³/mol. The van der Waals surface area contributed by atoms with Crippen LogP contribution >= 0.6 is 0 Å². The predicted octanol–water partition coefficient (Wildman–Crippen LogP) is 11.3. The fourth-order valence-electron chi connectivity index (χ4n) is 6.10. The fraction of sp³-hybridized carbons (Fsp3) is 0.714. The Morgan fingerprint density at radius 1 is 0.413 bits per heavy atom. The molecule has 0 bridgehead atoms. The minimum absolute atomic E-state index is 0.682. The number of rotatable bonds is 31. The van der Waals surface area contributed by atoms with Gasteiger partial charge >= 0.3 is 0 Å². The van der Waals surface area contributed by atoms with E-state index in [9.17, 15) is 0 Å². The molecule has 0 radical (unpaired) electrons. The zero-order valence-corrected chi connectivity index (χ0v) is 30.7. The van der Waals surface area contributed by atoms with Gasteiger partial charge in [0, 0.05) is 13.2 Å². The van der Waals surface area contributed by atoms with Crippen molar-refractivity contribution in [1.82, 2.24) is 9.80 Å². The summed E-state index contributed by atoms with van der Waals surface area (Å²) in [7, 11) is 0. The molecular formula is C42H72N2O2. The molecule has 0 heterocycles. The molecule has 46 heavy (non-hydrogen) atoms. The lowest BCUT2D eigenvalue weighted by atomic mass is 10.0. The largest absolute Gasteiger partial charge is 0.377 e. The molecule has 262 valence electrons. The van der Waals surface area contributed by atoms with Crippen molar-refractivity contribution < 1.29 is 9.47 Å². The lowest BCUT2D eigenvalue weighted by molar-refractivity contribution is 0.114. The van der Waals surface area contributed by atoms with Gasteiger partial charge in [0.1, 0.15) is 0 Å². The topological polar surface area (TPSA) is 24.9 Å². The third kappa shape index (κ3) is 19.8. The highest BCUT2D eigenvalue weighted by Crippen LogP contribution is 2.22. The van der Waals surface area contributed by atoms with E-state index in [1.54, 1.807) is 0 Å². The summed E-state index contributed by atoms with van der Waals surface area (Å²) in [5.74, 6) is 0. The first-order chi connectivity index (χ1) is 22.7. The van der Waals surface area contributed by atoms with Crippen LogP contribution < -0.4 is 0 Å². The van der Waals surface area contributed by atoms with Gasteiger partial charge in [0.05, 0.1) is 13.2 Å². The minimum Gasteiger partial charge on any atom is -0.377 e. The molecule has 2 rings (SSSR count). The average Bonchev–Trinajstić information content (AvgIpc) is 3.08. The molecule has 2 aromatic carbocycles. The van der Waals surface area contributed by atoms with Gasteiger partial charge in [-0.05, 0) is 125 Å². The normalized spacial score (nSPS) is 11.7. The SMILES string of the molecule is CCCCCCN(CCCC)CCCCOCc1cccc(-c2cccc(COCCCCN(CCCC)CCCCCC)c2)c1. The van der Waals surface area contributed by atoms with E-state index in [1.807, 2.05) is 0 Å². The summed E-state index contributed by atoms with van der Waals surface area (Å²) in [5.41, 5.74) is 5.00. The van der Waals surface area contributed by atoms with Crippen molar-refractivity contribution in [3.63, 3.8) is 0 Å². The fourth-order valence-corrected chi connectivity index (χ4v) is 6.10. The second-order valence-corrected chi connectivity index (χ2v) is 13.4. The van der Waals surface area contributed by atoms with Gasteiger partial charge in [-0.15, -0.1) is 0 Å². The van der Waals surface area contributed by atoms with Crippen LogP contribution in [0.4, 0.5) is 0 Å². The van der Waals surface area contributed by atoms with Gasteiger partial charge in [-0.3, -0.25) is 0 Å². The number of nitrogens with zero attached hydrogens (tertiary/aromatic N) is 2. The van der Waals surface area contributed by atoms with Crippen LogP contribution in [0.25, 0.3) is 11.1 Å². The molecule has 0 saturated carbocycles. The zero-order chi connectivity index (χ0) is 32.9. The Morgan fingerprint density at radius 3 is 1.17 bits per heavy atom. The Hall–Kier alpha value is -1.72. The molecule has 0 N–H and O–H groups in total. The van der Waals surface area contributed by atoms with Crippen molar-refractivity contribution in [2.45, 2.75) is 144 Å². The maximum absolute atomic E-state index is 6.12. The van der Waals surface area contributed by atoms with Crippen LogP contribution in [0.3, 0.4) is 0 Å². The Balaban J connectivity index is 1.68. The van der Waals surface area contributed by atoms with Crippen molar-refractivity contribution in [2.24, 2.45) is 0 Å². The van der Waals surface area contributed by atoms with Crippen LogP contribution in [0.5, 0.6) is 0 Å². The summed E-state index contributed by atoms with van der Waals surface area (Å²) in [4.78, 5) is 5.36. The quantitative estimate of drug-likeness (QED) is 0.0769. The lowest BCUT2D eigenvalue weighted by Gasteiger charge is -2.22. The van der Waals surface area contributed by atoms with Gasteiger partial charge in [-0.25, -0.2) is 0 Å². The molecule has 2 aromatic rings. The molecule has 4 heteroatoms. The molecular weight excluding hydrogens is 564 g/mol. The van der Waals surface area contributed by atoms with Crippen LogP contribution in [0.1, 0.15) is 142 Å². The summed E-state index contributed by atoms with van der Waals surface area (Å²) in [6.45, 7) is 19.7. The Labute approximate surface area is 285 Å². The number of hydrogen-bond donors (Lipinski definition) is 0. The van der Waals surface area contributed by atoms with Gasteiger partial charge in [-0.2, -0.15) is 0 Å². The summed E-state index contributed by atoms with van der Waals surface area (Å²) >= 11 is 0. The molecule has 0 aliphatic carbocycles. The average molecular weight is 637 g/mol. The summed E-state index contributed by atoms with van der Waals surface area (Å²) in [5, 5.41) is 0. The number of ether oxygens (including phenoxy) is 2. The van der Waals surface area contributed by atoms with Crippen LogP contribution in [0.15, 0.2) is 48.5 Å². The van der Waals surface area contributed by atoms with Crippen LogP contribution in [-0.2, 0) is 22.7 Å². The molecule has 0 aliphatic rings. The van der Waals surface area contributed by atoms with E-state index in [1.165, 1.54) is 151 Å². The molecule has 0 spiro atoms. The van der Waals surface area contributed by atoms with E-state index in [0.29, 0.717) is 13.2 Å². The second kappa shape index (κ2) is 28.3. The lowest BCUT2D eigenvalue weighted by Crippen LogP contribution is -2.27. The van der Waals surface area contributed by atoms with Crippen molar-refractivity contribution in [2.75, 3.05) is 52.5 Å². The number of benzene rings is 2. The minimum atomic E-state index is 0.682. The van der Waals surface area contributed by atoms with Crippen molar-refractivity contribution in [1.29, 1.82) is 0 Å². The van der Waals surface area contributed by atoms with Crippen molar-refractivity contribution >= 4 is 0 Å². The van der Waals surface area contributed by atoms with E-state index < -0.39 is 0 Å². The Kier molecular flexibility index (Phi) is 24.9. The standard InChI is InChI=1S/C42H72N2O2/c1-5-9-13-15-29-43(27-11-7-3)31-17-19-33-45-37-39-23-21-25-41(35-39)42-26-22-24-40(36-42)38-46-34-20-18-32-44(28-12-8-4)30-16-14-10-6-2/h21-26,35-36H,5-20,27-34,37-38H2,1-4H3. The van der Waals surface area contributed by atoms with Crippen molar-refractivity contribution in [3.05, 3.63) is 59.7 Å². The van der Waals surface area contributed by atoms with Gasteiger partial charge in [0.25, 0.3) is 0 Å². The molecule has 4 nitrogen and oxygen atoms in total. The van der Waals surface area contributed by atoms with Gasteiger partial charge in [-0.1, -0.05) is 115 Å². The number of hydrogen-bond acceptors (Lipinski definition) is 4. The first kappa shape index (κ1) is 40.5. The Bertz CT molecular complexity index is 887. The molecule has 0 atom stereocenters. The van der Waals surface area contributed by atoms with Crippen LogP contribution in [0, 0.1) is 0 Å². The van der Waals surface area contributed by atoms with Crippen LogP contribution in [-0.4, -0.2) is 62.3 Å². The highest BCUT2D eigenvalue weighted by molar-refractivity contribution is 5.64.